The zero-order valence-electron chi connectivity index (χ0n) is 11.8. The molecule has 0 aliphatic carbocycles. The Balaban J connectivity index is 2.09. The van der Waals surface area contributed by atoms with Gasteiger partial charge in [0, 0.05) is 19.2 Å². The van der Waals surface area contributed by atoms with E-state index in [4.69, 9.17) is 16.7 Å². The molecule has 2 rings (SSSR count). The lowest BCUT2D eigenvalue weighted by Crippen LogP contribution is -2.28. The van der Waals surface area contributed by atoms with Crippen molar-refractivity contribution in [2.24, 2.45) is 5.92 Å². The lowest BCUT2D eigenvalue weighted by atomic mass is 10.1. The Morgan fingerprint density at radius 1 is 1.35 bits per heavy atom. The molecule has 0 saturated carbocycles. The summed E-state index contributed by atoms with van der Waals surface area (Å²) in [5.74, 6) is -1.99. The molecule has 0 bridgehead atoms. The number of alkyl halides is 3. The first kappa shape index (κ1) is 17.3. The number of aliphatic carboxylic acids is 1. The number of benzene rings is 1. The van der Waals surface area contributed by atoms with Gasteiger partial charge in [0.25, 0.3) is 0 Å². The molecule has 1 fully saturated rings. The van der Waals surface area contributed by atoms with Gasteiger partial charge in [-0.05, 0) is 30.2 Å². The number of hydrogen-bond acceptors (Lipinski definition) is 2. The van der Waals surface area contributed by atoms with Crippen LogP contribution in [0.25, 0.3) is 6.08 Å². The third kappa shape index (κ3) is 4.25. The summed E-state index contributed by atoms with van der Waals surface area (Å²) >= 11 is 5.52. The summed E-state index contributed by atoms with van der Waals surface area (Å²) < 4.78 is 38.3. The van der Waals surface area contributed by atoms with Gasteiger partial charge in [-0.15, -0.1) is 0 Å². The highest BCUT2D eigenvalue weighted by Gasteiger charge is 2.33. The average Bonchev–Trinajstić information content (AvgIpc) is 2.95. The van der Waals surface area contributed by atoms with Crippen molar-refractivity contribution in [2.45, 2.75) is 12.6 Å². The van der Waals surface area contributed by atoms with Crippen LogP contribution in [-0.2, 0) is 15.8 Å². The van der Waals surface area contributed by atoms with Crippen LogP contribution >= 0.6 is 11.6 Å². The second kappa shape index (κ2) is 6.62. The van der Waals surface area contributed by atoms with Crippen LogP contribution in [0.3, 0.4) is 0 Å². The van der Waals surface area contributed by atoms with E-state index in [9.17, 15) is 22.8 Å². The molecule has 1 amide bonds. The Morgan fingerprint density at radius 3 is 2.61 bits per heavy atom. The summed E-state index contributed by atoms with van der Waals surface area (Å²) in [7, 11) is 0. The highest BCUT2D eigenvalue weighted by atomic mass is 35.5. The summed E-state index contributed by atoms with van der Waals surface area (Å²) in [5, 5.41) is 8.47. The van der Waals surface area contributed by atoms with E-state index in [1.807, 2.05) is 0 Å². The molecule has 1 unspecified atom stereocenters. The van der Waals surface area contributed by atoms with Crippen molar-refractivity contribution in [1.82, 2.24) is 4.90 Å². The van der Waals surface area contributed by atoms with Crippen molar-refractivity contribution in [2.75, 3.05) is 13.1 Å². The van der Waals surface area contributed by atoms with Gasteiger partial charge in [0.2, 0.25) is 5.91 Å². The molecule has 124 valence electrons. The number of carbonyl (C=O) groups excluding carboxylic acids is 1. The summed E-state index contributed by atoms with van der Waals surface area (Å²) in [6, 6.07) is 3.34. The van der Waals surface area contributed by atoms with Crippen molar-refractivity contribution in [3.05, 3.63) is 40.4 Å². The van der Waals surface area contributed by atoms with Crippen LogP contribution in [0.4, 0.5) is 13.2 Å². The zero-order valence-corrected chi connectivity index (χ0v) is 12.6. The number of carboxylic acids is 1. The predicted octanol–water partition coefficient (Wildman–Crippen LogP) is 3.31. The fourth-order valence-electron chi connectivity index (χ4n) is 2.30. The first-order chi connectivity index (χ1) is 10.7. The zero-order chi connectivity index (χ0) is 17.2. The normalized spacial score (nSPS) is 18.6. The minimum Gasteiger partial charge on any atom is -0.481 e. The Labute approximate surface area is 135 Å². The van der Waals surface area contributed by atoms with Crippen molar-refractivity contribution in [3.8, 4) is 0 Å². The Bertz CT molecular complexity index is 658. The van der Waals surface area contributed by atoms with Crippen LogP contribution in [0.1, 0.15) is 17.5 Å². The maximum Gasteiger partial charge on any atom is 0.417 e. The molecule has 0 radical (unpaired) electrons. The van der Waals surface area contributed by atoms with Crippen LogP contribution in [0, 0.1) is 5.92 Å². The molecule has 23 heavy (non-hydrogen) atoms. The number of likely N-dealkylation sites (tertiary alicyclic amines) is 1. The number of carboxylic acid groups (broad SMARTS) is 1. The summed E-state index contributed by atoms with van der Waals surface area (Å²) in [6.07, 6.45) is -1.82. The van der Waals surface area contributed by atoms with E-state index in [1.54, 1.807) is 0 Å². The van der Waals surface area contributed by atoms with Gasteiger partial charge in [0.1, 0.15) is 0 Å². The quantitative estimate of drug-likeness (QED) is 0.853. The number of halogens is 4. The molecule has 1 aromatic carbocycles. The van der Waals surface area contributed by atoms with Crippen molar-refractivity contribution < 1.29 is 27.9 Å². The Kier molecular flexibility index (Phi) is 4.99. The van der Waals surface area contributed by atoms with Gasteiger partial charge in [-0.1, -0.05) is 17.7 Å². The van der Waals surface area contributed by atoms with Gasteiger partial charge in [0.05, 0.1) is 16.5 Å². The predicted molar refractivity (Wildman–Crippen MR) is 77.8 cm³/mol. The molecule has 1 heterocycles. The van der Waals surface area contributed by atoms with E-state index < -0.39 is 34.6 Å². The van der Waals surface area contributed by atoms with Crippen LogP contribution < -0.4 is 0 Å². The summed E-state index contributed by atoms with van der Waals surface area (Å²) in [4.78, 5) is 24.1. The highest BCUT2D eigenvalue weighted by Crippen LogP contribution is 2.35. The number of rotatable bonds is 3. The van der Waals surface area contributed by atoms with E-state index in [0.717, 1.165) is 18.2 Å². The topological polar surface area (TPSA) is 57.6 Å². The molecule has 1 saturated heterocycles. The Morgan fingerprint density at radius 2 is 2.04 bits per heavy atom. The molecule has 0 aromatic heterocycles. The largest absolute Gasteiger partial charge is 0.481 e. The highest BCUT2D eigenvalue weighted by molar-refractivity contribution is 6.31. The number of amides is 1. The van der Waals surface area contributed by atoms with Crippen LogP contribution in [0.15, 0.2) is 24.3 Å². The van der Waals surface area contributed by atoms with Crippen molar-refractivity contribution >= 4 is 29.6 Å². The van der Waals surface area contributed by atoms with E-state index >= 15 is 0 Å². The molecule has 1 atom stereocenters. The van der Waals surface area contributed by atoms with Crippen LogP contribution in [-0.4, -0.2) is 35.0 Å². The molecular weight excluding hydrogens is 335 g/mol. The summed E-state index contributed by atoms with van der Waals surface area (Å²) in [5.41, 5.74) is -0.787. The molecule has 4 nitrogen and oxygen atoms in total. The lowest BCUT2D eigenvalue weighted by Gasteiger charge is -2.13. The maximum absolute atomic E-state index is 12.8. The van der Waals surface area contributed by atoms with Gasteiger partial charge in [0.15, 0.2) is 0 Å². The Hall–Kier alpha value is -2.02. The molecule has 1 aromatic rings. The number of nitrogens with zero attached hydrogens (tertiary/aromatic N) is 1. The third-order valence-electron chi connectivity index (χ3n) is 3.56. The molecular formula is C15H13ClF3NO3. The smallest absolute Gasteiger partial charge is 0.417 e. The van der Waals surface area contributed by atoms with E-state index in [-0.39, 0.29) is 12.1 Å². The lowest BCUT2D eigenvalue weighted by molar-refractivity contribution is -0.141. The van der Waals surface area contributed by atoms with Gasteiger partial charge < -0.3 is 10.0 Å². The fraction of sp³-hybridized carbons (Fsp3) is 0.333. The van der Waals surface area contributed by atoms with Crippen LogP contribution in [0.5, 0.6) is 0 Å². The molecule has 8 heteroatoms. The van der Waals surface area contributed by atoms with Gasteiger partial charge in [-0.25, -0.2) is 0 Å². The second-order valence-electron chi connectivity index (χ2n) is 5.18. The second-order valence-corrected chi connectivity index (χ2v) is 5.59. The maximum atomic E-state index is 12.8. The van der Waals surface area contributed by atoms with Crippen molar-refractivity contribution in [3.63, 3.8) is 0 Å². The van der Waals surface area contributed by atoms with E-state index in [1.165, 1.54) is 17.0 Å². The minimum absolute atomic E-state index is 0.104. The first-order valence-corrected chi connectivity index (χ1v) is 7.13. The molecule has 0 spiro atoms. The standard InChI is InChI=1S/C15H13ClF3NO3/c16-12-3-1-9(7-11(12)15(17,18)19)2-4-13(21)20-6-5-10(8-20)14(22)23/h1-4,7,10H,5-6,8H2,(H,22,23). The fourth-order valence-corrected chi connectivity index (χ4v) is 2.52. The number of hydrogen-bond donors (Lipinski definition) is 1. The number of carbonyl (C=O) groups is 2. The van der Waals surface area contributed by atoms with E-state index in [0.29, 0.717) is 13.0 Å². The minimum atomic E-state index is -4.57. The molecule has 1 aliphatic heterocycles. The van der Waals surface area contributed by atoms with Crippen molar-refractivity contribution in [1.29, 1.82) is 0 Å². The first-order valence-electron chi connectivity index (χ1n) is 6.75. The molecule has 1 N–H and O–H groups in total. The van der Waals surface area contributed by atoms with Gasteiger partial charge in [-0.2, -0.15) is 13.2 Å². The third-order valence-corrected chi connectivity index (χ3v) is 3.89. The van der Waals surface area contributed by atoms with Gasteiger partial charge in [-0.3, -0.25) is 9.59 Å². The SMILES string of the molecule is O=C(O)C1CCN(C(=O)C=Cc2ccc(Cl)c(C(F)(F)F)c2)C1. The molecule has 1 aliphatic rings. The van der Waals surface area contributed by atoms with E-state index in [2.05, 4.69) is 0 Å². The van der Waals surface area contributed by atoms with Gasteiger partial charge >= 0.3 is 12.1 Å². The average molecular weight is 348 g/mol. The monoisotopic (exact) mass is 347 g/mol. The summed E-state index contributed by atoms with van der Waals surface area (Å²) in [6.45, 7) is 0.418. The van der Waals surface area contributed by atoms with Crippen LogP contribution in [0.2, 0.25) is 5.02 Å².